The van der Waals surface area contributed by atoms with E-state index in [2.05, 4.69) is 11.6 Å². The number of rotatable bonds is 6. The van der Waals surface area contributed by atoms with Gasteiger partial charge in [-0.25, -0.2) is 4.79 Å². The van der Waals surface area contributed by atoms with Crippen LogP contribution in [0, 0.1) is 6.92 Å². The Balaban J connectivity index is 1.90. The molecule has 106 valence electrons. The van der Waals surface area contributed by atoms with Crippen LogP contribution < -0.4 is 5.32 Å². The van der Waals surface area contributed by atoms with Crippen LogP contribution in [-0.2, 0) is 6.54 Å². The molecule has 0 saturated heterocycles. The molecule has 1 aliphatic rings. The van der Waals surface area contributed by atoms with Crippen molar-refractivity contribution in [2.45, 2.75) is 43.9 Å². The van der Waals surface area contributed by atoms with Crippen molar-refractivity contribution >= 4 is 17.7 Å². The maximum atomic E-state index is 10.8. The Labute approximate surface area is 117 Å². The van der Waals surface area contributed by atoms with Gasteiger partial charge in [-0.05, 0) is 32.1 Å². The average Bonchev–Trinajstić information content (AvgIpc) is 2.98. The Morgan fingerprint density at radius 1 is 1.53 bits per heavy atom. The van der Waals surface area contributed by atoms with E-state index in [4.69, 9.17) is 9.52 Å². The van der Waals surface area contributed by atoms with Crippen LogP contribution >= 0.6 is 11.8 Å². The van der Waals surface area contributed by atoms with Crippen LogP contribution in [0.4, 0.5) is 0 Å². The van der Waals surface area contributed by atoms with Crippen molar-refractivity contribution in [2.75, 3.05) is 12.8 Å². The number of thioether (sulfide) groups is 1. The maximum Gasteiger partial charge on any atom is 0.371 e. The fourth-order valence-corrected chi connectivity index (χ4v) is 3.64. The summed E-state index contributed by atoms with van der Waals surface area (Å²) in [6, 6.07) is 1.62. The van der Waals surface area contributed by atoms with E-state index in [-0.39, 0.29) is 5.76 Å². The van der Waals surface area contributed by atoms with Crippen LogP contribution in [0.5, 0.6) is 0 Å². The van der Waals surface area contributed by atoms with Crippen LogP contribution in [-0.4, -0.2) is 28.6 Å². The largest absolute Gasteiger partial charge is 0.475 e. The van der Waals surface area contributed by atoms with Gasteiger partial charge >= 0.3 is 5.97 Å². The third-order valence-corrected chi connectivity index (χ3v) is 5.36. The number of nitrogens with one attached hydrogen (secondary N) is 1. The van der Waals surface area contributed by atoms with E-state index in [1.165, 1.54) is 25.7 Å². The van der Waals surface area contributed by atoms with Crippen LogP contribution in [0.1, 0.15) is 47.6 Å². The lowest BCUT2D eigenvalue weighted by Gasteiger charge is -2.27. The number of carboxylic acids is 1. The molecule has 0 atom stereocenters. The summed E-state index contributed by atoms with van der Waals surface area (Å²) in [7, 11) is 0. The van der Waals surface area contributed by atoms with Crippen molar-refractivity contribution in [3.05, 3.63) is 23.2 Å². The van der Waals surface area contributed by atoms with Gasteiger partial charge < -0.3 is 14.8 Å². The topological polar surface area (TPSA) is 62.5 Å². The van der Waals surface area contributed by atoms with E-state index in [9.17, 15) is 4.79 Å². The summed E-state index contributed by atoms with van der Waals surface area (Å²) >= 11 is 1.95. The normalized spacial score (nSPS) is 17.8. The van der Waals surface area contributed by atoms with E-state index in [0.29, 0.717) is 17.1 Å². The Bertz CT molecular complexity index is 450. The first-order valence-electron chi connectivity index (χ1n) is 6.65. The van der Waals surface area contributed by atoms with Gasteiger partial charge in [0.05, 0.1) is 0 Å². The molecule has 2 N–H and O–H groups in total. The molecule has 2 rings (SSSR count). The number of carboxylic acid groups (broad SMARTS) is 1. The summed E-state index contributed by atoms with van der Waals surface area (Å²) in [5.74, 6) is -0.296. The molecule has 0 bridgehead atoms. The van der Waals surface area contributed by atoms with Gasteiger partial charge in [0.2, 0.25) is 5.76 Å². The molecular formula is C14H21NO3S. The number of aryl methyl sites for hydroxylation is 1. The van der Waals surface area contributed by atoms with Gasteiger partial charge in [0.25, 0.3) is 0 Å². The lowest BCUT2D eigenvalue weighted by atomic mass is 10.1. The third-order valence-electron chi connectivity index (χ3n) is 3.94. The summed E-state index contributed by atoms with van der Waals surface area (Å²) in [5.41, 5.74) is 0.937. The molecule has 0 spiro atoms. The van der Waals surface area contributed by atoms with E-state index < -0.39 is 5.97 Å². The zero-order valence-electron chi connectivity index (χ0n) is 11.5. The van der Waals surface area contributed by atoms with Gasteiger partial charge in [0.15, 0.2) is 0 Å². The van der Waals surface area contributed by atoms with Gasteiger partial charge in [-0.2, -0.15) is 11.8 Å². The summed E-state index contributed by atoms with van der Waals surface area (Å²) in [6.45, 7) is 3.45. The first-order valence-corrected chi connectivity index (χ1v) is 7.87. The lowest BCUT2D eigenvalue weighted by Crippen LogP contribution is -2.34. The first kappa shape index (κ1) is 14.5. The monoisotopic (exact) mass is 283 g/mol. The van der Waals surface area contributed by atoms with Crippen LogP contribution in [0.25, 0.3) is 0 Å². The zero-order valence-corrected chi connectivity index (χ0v) is 12.3. The van der Waals surface area contributed by atoms with Crippen molar-refractivity contribution in [1.29, 1.82) is 0 Å². The minimum absolute atomic E-state index is 0.0229. The van der Waals surface area contributed by atoms with Crippen molar-refractivity contribution in [3.8, 4) is 0 Å². The molecule has 1 aromatic heterocycles. The second-order valence-corrected chi connectivity index (χ2v) is 6.47. The molecular weight excluding hydrogens is 262 g/mol. The van der Waals surface area contributed by atoms with Gasteiger partial charge in [-0.3, -0.25) is 0 Å². The molecule has 1 heterocycles. The summed E-state index contributed by atoms with van der Waals surface area (Å²) in [5, 5.41) is 12.3. The summed E-state index contributed by atoms with van der Waals surface area (Å²) in [4.78, 5) is 10.8. The molecule has 19 heavy (non-hydrogen) atoms. The Morgan fingerprint density at radius 3 is 2.74 bits per heavy atom. The van der Waals surface area contributed by atoms with E-state index in [1.54, 1.807) is 6.07 Å². The highest BCUT2D eigenvalue weighted by atomic mass is 32.2. The Kier molecular flexibility index (Phi) is 4.58. The fraction of sp³-hybridized carbons (Fsp3) is 0.643. The van der Waals surface area contributed by atoms with Gasteiger partial charge in [-0.1, -0.05) is 12.8 Å². The van der Waals surface area contributed by atoms with Crippen molar-refractivity contribution in [3.63, 3.8) is 0 Å². The SMILES string of the molecule is CSC1(CNCc2cc(C(=O)O)oc2C)CCCC1. The van der Waals surface area contributed by atoms with Crippen LogP contribution in [0.2, 0.25) is 0 Å². The van der Waals surface area contributed by atoms with Crippen molar-refractivity contribution < 1.29 is 14.3 Å². The molecule has 1 aliphatic carbocycles. The zero-order chi connectivity index (χ0) is 13.9. The first-order chi connectivity index (χ1) is 9.06. The molecule has 0 radical (unpaired) electrons. The van der Waals surface area contributed by atoms with Crippen molar-refractivity contribution in [2.24, 2.45) is 0 Å². The molecule has 0 aliphatic heterocycles. The Hall–Kier alpha value is -0.940. The Morgan fingerprint density at radius 2 is 2.21 bits per heavy atom. The molecule has 0 unspecified atom stereocenters. The molecule has 0 aromatic carbocycles. The van der Waals surface area contributed by atoms with Crippen LogP contribution in [0.3, 0.4) is 0 Å². The number of aromatic carboxylic acids is 1. The van der Waals surface area contributed by atoms with E-state index in [0.717, 1.165) is 12.1 Å². The molecule has 1 aromatic rings. The second kappa shape index (κ2) is 6.01. The highest BCUT2D eigenvalue weighted by molar-refractivity contribution is 8.00. The van der Waals surface area contributed by atoms with Gasteiger partial charge in [0.1, 0.15) is 5.76 Å². The van der Waals surface area contributed by atoms with Gasteiger partial charge in [0, 0.05) is 23.4 Å². The summed E-state index contributed by atoms with van der Waals surface area (Å²) in [6.07, 6.45) is 7.35. The number of hydrogen-bond acceptors (Lipinski definition) is 4. The molecule has 0 amide bonds. The lowest BCUT2D eigenvalue weighted by molar-refractivity contribution is 0.0661. The molecule has 5 heteroatoms. The predicted molar refractivity (Wildman–Crippen MR) is 76.8 cm³/mol. The third kappa shape index (κ3) is 3.34. The highest BCUT2D eigenvalue weighted by Crippen LogP contribution is 2.39. The second-order valence-electron chi connectivity index (χ2n) is 5.20. The standard InChI is InChI=1S/C14H21NO3S/c1-10-11(7-12(18-10)13(16)17)8-15-9-14(19-2)5-3-4-6-14/h7,15H,3-6,8-9H2,1-2H3,(H,16,17). The molecule has 1 saturated carbocycles. The average molecular weight is 283 g/mol. The van der Waals surface area contributed by atoms with E-state index in [1.807, 2.05) is 18.7 Å². The minimum Gasteiger partial charge on any atom is -0.475 e. The minimum atomic E-state index is -1.01. The van der Waals surface area contributed by atoms with Gasteiger partial charge in [-0.15, -0.1) is 0 Å². The summed E-state index contributed by atoms with van der Waals surface area (Å²) < 4.78 is 5.57. The predicted octanol–water partition coefficient (Wildman–Crippen LogP) is 3.05. The number of furan rings is 1. The number of carbonyl (C=O) groups is 1. The molecule has 4 nitrogen and oxygen atoms in total. The number of hydrogen-bond donors (Lipinski definition) is 2. The van der Waals surface area contributed by atoms with E-state index >= 15 is 0 Å². The smallest absolute Gasteiger partial charge is 0.371 e. The maximum absolute atomic E-state index is 10.8. The van der Waals surface area contributed by atoms with Crippen molar-refractivity contribution in [1.82, 2.24) is 5.32 Å². The van der Waals surface area contributed by atoms with Crippen LogP contribution in [0.15, 0.2) is 10.5 Å². The fourth-order valence-electron chi connectivity index (χ4n) is 2.70. The highest BCUT2D eigenvalue weighted by Gasteiger charge is 2.32. The quantitative estimate of drug-likeness (QED) is 0.840. The molecule has 1 fully saturated rings.